The van der Waals surface area contributed by atoms with Crippen LogP contribution in [0.15, 0.2) is 5.16 Å². The molecule has 0 radical (unpaired) electrons. The van der Waals surface area contributed by atoms with E-state index in [1.807, 2.05) is 25.3 Å². The van der Waals surface area contributed by atoms with Gasteiger partial charge in [-0.2, -0.15) is 0 Å². The molecule has 1 amide bonds. The Morgan fingerprint density at radius 3 is 2.60 bits per heavy atom. The number of aromatic nitrogens is 3. The summed E-state index contributed by atoms with van der Waals surface area (Å²) in [4.78, 5) is 26.6. The Kier molecular flexibility index (Phi) is 7.57. The van der Waals surface area contributed by atoms with Crippen molar-refractivity contribution in [2.75, 3.05) is 11.1 Å². The maximum Gasteiger partial charge on any atom is 0.341 e. The Labute approximate surface area is 186 Å². The number of amides is 1. The Balaban J connectivity index is 1.74. The summed E-state index contributed by atoms with van der Waals surface area (Å²) >= 11 is 2.87. The van der Waals surface area contributed by atoms with Crippen molar-refractivity contribution in [3.63, 3.8) is 0 Å². The maximum absolute atomic E-state index is 12.7. The first-order valence-electron chi connectivity index (χ1n) is 10.5. The highest BCUT2D eigenvalue weighted by atomic mass is 32.2. The van der Waals surface area contributed by atoms with E-state index in [2.05, 4.69) is 29.4 Å². The van der Waals surface area contributed by atoms with E-state index in [0.717, 1.165) is 48.8 Å². The molecule has 30 heavy (non-hydrogen) atoms. The van der Waals surface area contributed by atoms with Crippen molar-refractivity contribution >= 4 is 40.0 Å². The van der Waals surface area contributed by atoms with Crippen LogP contribution < -0.4 is 5.32 Å². The molecule has 0 aliphatic heterocycles. The Morgan fingerprint density at radius 2 is 1.93 bits per heavy atom. The van der Waals surface area contributed by atoms with Crippen LogP contribution in [0.25, 0.3) is 0 Å². The topological polar surface area (TPSA) is 86.1 Å². The zero-order valence-electron chi connectivity index (χ0n) is 18.3. The third kappa shape index (κ3) is 5.06. The van der Waals surface area contributed by atoms with Gasteiger partial charge in [-0.1, -0.05) is 25.6 Å². The number of thioether (sulfide) groups is 1. The third-order valence-electron chi connectivity index (χ3n) is 4.88. The van der Waals surface area contributed by atoms with Gasteiger partial charge in [0, 0.05) is 17.3 Å². The largest absolute Gasteiger partial charge is 0.459 e. The van der Waals surface area contributed by atoms with E-state index < -0.39 is 0 Å². The molecule has 164 valence electrons. The van der Waals surface area contributed by atoms with Crippen LogP contribution in [-0.2, 0) is 28.9 Å². The SMILES string of the molecule is CCn1c(SCC(=O)Nc2sc3c(c2C(=O)OC(C)C)CCCC3)nnc1C(C)C. The molecule has 2 heterocycles. The molecule has 1 aliphatic carbocycles. The van der Waals surface area contributed by atoms with Gasteiger partial charge in [-0.15, -0.1) is 21.5 Å². The van der Waals surface area contributed by atoms with Crippen LogP contribution >= 0.6 is 23.1 Å². The second-order valence-electron chi connectivity index (χ2n) is 7.95. The molecule has 2 aromatic rings. The lowest BCUT2D eigenvalue weighted by atomic mass is 9.95. The predicted molar refractivity (Wildman–Crippen MR) is 121 cm³/mol. The lowest BCUT2D eigenvalue weighted by Gasteiger charge is -2.14. The number of aryl methyl sites for hydroxylation is 1. The number of esters is 1. The van der Waals surface area contributed by atoms with Crippen LogP contribution in [0.5, 0.6) is 0 Å². The number of ether oxygens (including phenoxy) is 1. The van der Waals surface area contributed by atoms with Crippen LogP contribution in [0.2, 0.25) is 0 Å². The molecule has 1 aliphatic rings. The second kappa shape index (κ2) is 9.96. The maximum atomic E-state index is 12.7. The summed E-state index contributed by atoms with van der Waals surface area (Å²) in [5.74, 6) is 0.892. The number of thiophene rings is 1. The van der Waals surface area contributed by atoms with Crippen LogP contribution in [0.4, 0.5) is 5.00 Å². The van der Waals surface area contributed by atoms with Crippen molar-refractivity contribution in [1.82, 2.24) is 14.8 Å². The lowest BCUT2D eigenvalue weighted by Crippen LogP contribution is -2.19. The number of carbonyl (C=O) groups excluding carboxylic acids is 2. The first-order chi connectivity index (χ1) is 14.3. The highest BCUT2D eigenvalue weighted by molar-refractivity contribution is 7.99. The second-order valence-corrected chi connectivity index (χ2v) is 9.99. The van der Waals surface area contributed by atoms with Crippen molar-refractivity contribution in [2.24, 2.45) is 0 Å². The number of hydrogen-bond acceptors (Lipinski definition) is 7. The average molecular weight is 451 g/mol. The van der Waals surface area contributed by atoms with Gasteiger partial charge in [0.1, 0.15) is 10.8 Å². The fourth-order valence-corrected chi connectivity index (χ4v) is 5.67. The van der Waals surface area contributed by atoms with E-state index >= 15 is 0 Å². The minimum atomic E-state index is -0.348. The van der Waals surface area contributed by atoms with Crippen molar-refractivity contribution in [2.45, 2.75) is 84.0 Å². The van der Waals surface area contributed by atoms with Crippen LogP contribution in [0.3, 0.4) is 0 Å². The fourth-order valence-electron chi connectivity index (χ4n) is 3.57. The van der Waals surface area contributed by atoms with E-state index in [-0.39, 0.29) is 29.7 Å². The van der Waals surface area contributed by atoms with E-state index in [1.54, 1.807) is 0 Å². The summed E-state index contributed by atoms with van der Waals surface area (Å²) in [6.45, 7) is 10.6. The Morgan fingerprint density at radius 1 is 1.20 bits per heavy atom. The van der Waals surface area contributed by atoms with Crippen molar-refractivity contribution in [1.29, 1.82) is 0 Å². The summed E-state index contributed by atoms with van der Waals surface area (Å²) < 4.78 is 7.50. The minimum absolute atomic E-state index is 0.158. The molecule has 0 atom stereocenters. The molecule has 0 unspecified atom stereocenters. The average Bonchev–Trinajstić information content (AvgIpc) is 3.26. The zero-order valence-corrected chi connectivity index (χ0v) is 19.9. The molecule has 3 rings (SSSR count). The summed E-state index contributed by atoms with van der Waals surface area (Å²) in [6, 6.07) is 0. The predicted octanol–water partition coefficient (Wildman–Crippen LogP) is 4.66. The smallest absolute Gasteiger partial charge is 0.341 e. The number of carbonyl (C=O) groups is 2. The molecule has 1 N–H and O–H groups in total. The van der Waals surface area contributed by atoms with Crippen LogP contribution in [-0.4, -0.2) is 38.5 Å². The van der Waals surface area contributed by atoms with Gasteiger partial charge in [-0.3, -0.25) is 4.79 Å². The quantitative estimate of drug-likeness (QED) is 0.465. The third-order valence-corrected chi connectivity index (χ3v) is 7.06. The normalized spacial score (nSPS) is 13.6. The molecule has 0 bridgehead atoms. The Hall–Kier alpha value is -1.87. The van der Waals surface area contributed by atoms with Gasteiger partial charge in [0.25, 0.3) is 0 Å². The van der Waals surface area contributed by atoms with Gasteiger partial charge in [0.2, 0.25) is 5.91 Å². The summed E-state index contributed by atoms with van der Waals surface area (Å²) in [6.07, 6.45) is 3.77. The number of fused-ring (bicyclic) bond motifs is 1. The number of nitrogens with one attached hydrogen (secondary N) is 1. The molecule has 9 heteroatoms. The molecular weight excluding hydrogens is 420 g/mol. The standard InChI is InChI=1S/C21H30N4O3S2/c1-6-25-18(12(2)3)23-24-21(25)29-11-16(26)22-19-17(20(27)28-13(4)5)14-9-7-8-10-15(14)30-19/h12-13H,6-11H2,1-5H3,(H,22,26). The zero-order chi connectivity index (χ0) is 21.8. The molecule has 7 nitrogen and oxygen atoms in total. The van der Waals surface area contributed by atoms with Gasteiger partial charge in [0.05, 0.1) is 17.4 Å². The first kappa shape index (κ1) is 22.8. The van der Waals surface area contributed by atoms with Gasteiger partial charge in [0.15, 0.2) is 5.16 Å². The molecule has 0 saturated carbocycles. The number of anilines is 1. The highest BCUT2D eigenvalue weighted by Crippen LogP contribution is 2.39. The van der Waals surface area contributed by atoms with Crippen molar-refractivity contribution in [3.8, 4) is 0 Å². The fraction of sp³-hybridized carbons (Fsp3) is 0.619. The lowest BCUT2D eigenvalue weighted by molar-refractivity contribution is -0.113. The van der Waals surface area contributed by atoms with Gasteiger partial charge in [-0.05, 0) is 52.0 Å². The summed E-state index contributed by atoms with van der Waals surface area (Å²) in [7, 11) is 0. The van der Waals surface area contributed by atoms with Gasteiger partial charge in [-0.25, -0.2) is 4.79 Å². The Bertz CT molecular complexity index is 918. The van der Waals surface area contributed by atoms with Crippen molar-refractivity contribution < 1.29 is 14.3 Å². The molecule has 0 fully saturated rings. The highest BCUT2D eigenvalue weighted by Gasteiger charge is 2.28. The molecule has 0 spiro atoms. The number of nitrogens with zero attached hydrogens (tertiary/aromatic N) is 3. The van der Waals surface area contributed by atoms with Crippen molar-refractivity contribution in [3.05, 3.63) is 21.8 Å². The summed E-state index contributed by atoms with van der Waals surface area (Å²) in [5, 5.41) is 12.8. The molecule has 2 aromatic heterocycles. The molecule has 0 aromatic carbocycles. The van der Waals surface area contributed by atoms with E-state index in [4.69, 9.17) is 4.74 Å². The van der Waals surface area contributed by atoms with Crippen LogP contribution in [0.1, 0.15) is 80.0 Å². The van der Waals surface area contributed by atoms with E-state index in [0.29, 0.717) is 10.6 Å². The van der Waals surface area contributed by atoms with E-state index in [1.165, 1.54) is 28.0 Å². The van der Waals surface area contributed by atoms with E-state index in [9.17, 15) is 9.59 Å². The molecular formula is C21H30N4O3S2. The van der Waals surface area contributed by atoms with Crippen LogP contribution in [0, 0.1) is 0 Å². The summed E-state index contributed by atoms with van der Waals surface area (Å²) in [5.41, 5.74) is 1.59. The first-order valence-corrected chi connectivity index (χ1v) is 12.3. The number of rotatable bonds is 8. The minimum Gasteiger partial charge on any atom is -0.459 e. The van der Waals surface area contributed by atoms with Gasteiger partial charge >= 0.3 is 5.97 Å². The monoisotopic (exact) mass is 450 g/mol. The number of hydrogen-bond donors (Lipinski definition) is 1. The van der Waals surface area contributed by atoms with Gasteiger partial charge < -0.3 is 14.6 Å². The molecule has 0 saturated heterocycles.